The Hall–Kier alpha value is -1.16. The number of carbonyl (C=O) groups excluding carboxylic acids is 1. The summed E-state index contributed by atoms with van der Waals surface area (Å²) in [6, 6.07) is 2.35. The summed E-state index contributed by atoms with van der Waals surface area (Å²) < 4.78 is 1.94. The highest BCUT2D eigenvalue weighted by molar-refractivity contribution is 5.80. The molecule has 1 aromatic heterocycles. The molecule has 4 heteroatoms. The van der Waals surface area contributed by atoms with Gasteiger partial charge in [-0.3, -0.25) is 9.48 Å². The minimum atomic E-state index is 0.279. The van der Waals surface area contributed by atoms with E-state index in [4.69, 9.17) is 5.73 Å². The number of nitrogens with two attached hydrogens (primary N) is 1. The van der Waals surface area contributed by atoms with Gasteiger partial charge in [0.15, 0.2) is 0 Å². The number of carbonyl (C=O) groups is 1. The van der Waals surface area contributed by atoms with Crippen LogP contribution in [0, 0.1) is 0 Å². The number of rotatable bonds is 9. The highest BCUT2D eigenvalue weighted by Crippen LogP contribution is 2.10. The zero-order chi connectivity index (χ0) is 13.4. The van der Waals surface area contributed by atoms with Crippen molar-refractivity contribution in [1.29, 1.82) is 0 Å². The molecular formula is C14H25N3O. The molecule has 1 rings (SSSR count). The fourth-order valence-corrected chi connectivity index (χ4v) is 1.84. The molecular weight excluding hydrogens is 226 g/mol. The number of hydrogen-bond donors (Lipinski definition) is 1. The zero-order valence-corrected chi connectivity index (χ0v) is 11.6. The van der Waals surface area contributed by atoms with Crippen LogP contribution in [0.5, 0.6) is 0 Å². The van der Waals surface area contributed by atoms with Gasteiger partial charge in [-0.15, -0.1) is 0 Å². The van der Waals surface area contributed by atoms with Crippen LogP contribution in [0.25, 0.3) is 0 Å². The molecule has 2 N–H and O–H groups in total. The molecule has 1 unspecified atom stereocenters. The van der Waals surface area contributed by atoms with E-state index in [9.17, 15) is 4.79 Å². The van der Waals surface area contributed by atoms with E-state index in [-0.39, 0.29) is 5.78 Å². The molecule has 0 saturated carbocycles. The van der Waals surface area contributed by atoms with Gasteiger partial charge in [0.1, 0.15) is 5.78 Å². The van der Waals surface area contributed by atoms with Gasteiger partial charge in [-0.2, -0.15) is 5.10 Å². The predicted octanol–water partition coefficient (Wildman–Crippen LogP) is 2.48. The molecule has 0 saturated heterocycles. The first-order valence-electron chi connectivity index (χ1n) is 6.93. The number of hydrogen-bond acceptors (Lipinski definition) is 3. The van der Waals surface area contributed by atoms with Crippen LogP contribution >= 0.6 is 0 Å². The summed E-state index contributed by atoms with van der Waals surface area (Å²) >= 11 is 0. The third-order valence-electron chi connectivity index (χ3n) is 3.24. The Labute approximate surface area is 110 Å². The van der Waals surface area contributed by atoms with Crippen molar-refractivity contribution in [3.05, 3.63) is 18.0 Å². The van der Waals surface area contributed by atoms with Crippen LogP contribution in [0.15, 0.2) is 12.3 Å². The highest BCUT2D eigenvalue weighted by Gasteiger charge is 2.08. The summed E-state index contributed by atoms with van der Waals surface area (Å²) in [5.74, 6) is 0.279. The van der Waals surface area contributed by atoms with Crippen molar-refractivity contribution in [1.82, 2.24) is 9.78 Å². The highest BCUT2D eigenvalue weighted by atomic mass is 16.1. The summed E-state index contributed by atoms with van der Waals surface area (Å²) in [6.45, 7) is 4.98. The molecule has 102 valence electrons. The van der Waals surface area contributed by atoms with Crippen LogP contribution in [0.4, 0.5) is 0 Å². The summed E-state index contributed by atoms with van der Waals surface area (Å²) in [5.41, 5.74) is 6.30. The molecule has 4 nitrogen and oxygen atoms in total. The van der Waals surface area contributed by atoms with Gasteiger partial charge in [0.2, 0.25) is 0 Å². The van der Waals surface area contributed by atoms with Gasteiger partial charge in [-0.25, -0.2) is 0 Å². The van der Waals surface area contributed by atoms with Crippen LogP contribution < -0.4 is 5.73 Å². The number of ketones is 1. The lowest BCUT2D eigenvalue weighted by atomic mass is 10.1. The lowest BCUT2D eigenvalue weighted by molar-refractivity contribution is -0.118. The van der Waals surface area contributed by atoms with Gasteiger partial charge >= 0.3 is 0 Å². The molecule has 0 aliphatic heterocycles. The third-order valence-corrected chi connectivity index (χ3v) is 3.24. The van der Waals surface area contributed by atoms with Gasteiger partial charge in [0, 0.05) is 18.7 Å². The SMILES string of the molecule is CCC(C)n1ccc(CC(=O)CCCCCN)n1. The van der Waals surface area contributed by atoms with E-state index in [1.807, 2.05) is 16.9 Å². The molecule has 1 atom stereocenters. The van der Waals surface area contributed by atoms with Crippen LogP contribution in [-0.2, 0) is 11.2 Å². The Morgan fingerprint density at radius 3 is 2.89 bits per heavy atom. The van der Waals surface area contributed by atoms with Crippen molar-refractivity contribution in [2.24, 2.45) is 5.73 Å². The number of unbranched alkanes of at least 4 members (excludes halogenated alkanes) is 2. The van der Waals surface area contributed by atoms with Gasteiger partial charge in [0.05, 0.1) is 12.1 Å². The fourth-order valence-electron chi connectivity index (χ4n) is 1.84. The first-order chi connectivity index (χ1) is 8.67. The minimum Gasteiger partial charge on any atom is -0.330 e. The van der Waals surface area contributed by atoms with E-state index in [0.717, 1.165) is 31.4 Å². The Balaban J connectivity index is 2.33. The third kappa shape index (κ3) is 5.00. The molecule has 0 radical (unpaired) electrons. The van der Waals surface area contributed by atoms with Crippen molar-refractivity contribution < 1.29 is 4.79 Å². The van der Waals surface area contributed by atoms with Crippen LogP contribution in [0.1, 0.15) is 57.7 Å². The molecule has 0 aliphatic rings. The Kier molecular flexibility index (Phi) is 6.65. The van der Waals surface area contributed by atoms with Crippen molar-refractivity contribution in [2.75, 3.05) is 6.54 Å². The molecule has 0 spiro atoms. The quantitative estimate of drug-likeness (QED) is 0.686. The molecule has 0 fully saturated rings. The predicted molar refractivity (Wildman–Crippen MR) is 73.5 cm³/mol. The maximum absolute atomic E-state index is 11.7. The number of nitrogens with zero attached hydrogens (tertiary/aromatic N) is 2. The molecule has 1 aromatic rings. The van der Waals surface area contributed by atoms with Gasteiger partial charge in [-0.1, -0.05) is 13.3 Å². The van der Waals surface area contributed by atoms with E-state index in [1.54, 1.807) is 0 Å². The van der Waals surface area contributed by atoms with Gasteiger partial charge in [0.25, 0.3) is 0 Å². The largest absolute Gasteiger partial charge is 0.330 e. The molecule has 0 aromatic carbocycles. The minimum absolute atomic E-state index is 0.279. The molecule has 18 heavy (non-hydrogen) atoms. The summed E-state index contributed by atoms with van der Waals surface area (Å²) in [4.78, 5) is 11.7. The first-order valence-corrected chi connectivity index (χ1v) is 6.93. The molecule has 0 bridgehead atoms. The van der Waals surface area contributed by atoms with Crippen molar-refractivity contribution in [2.45, 2.75) is 58.4 Å². The Morgan fingerprint density at radius 1 is 1.44 bits per heavy atom. The smallest absolute Gasteiger partial charge is 0.138 e. The normalized spacial score (nSPS) is 12.6. The van der Waals surface area contributed by atoms with Crippen molar-refractivity contribution >= 4 is 5.78 Å². The topological polar surface area (TPSA) is 60.9 Å². The van der Waals surface area contributed by atoms with Crippen molar-refractivity contribution in [3.8, 4) is 0 Å². The lowest BCUT2D eigenvalue weighted by Crippen LogP contribution is -2.07. The second-order valence-electron chi connectivity index (χ2n) is 4.86. The van der Waals surface area contributed by atoms with E-state index in [1.165, 1.54) is 0 Å². The monoisotopic (exact) mass is 251 g/mol. The van der Waals surface area contributed by atoms with E-state index in [2.05, 4.69) is 18.9 Å². The number of aromatic nitrogens is 2. The van der Waals surface area contributed by atoms with Crippen LogP contribution in [-0.4, -0.2) is 22.1 Å². The average Bonchev–Trinajstić information content (AvgIpc) is 2.82. The Morgan fingerprint density at radius 2 is 2.22 bits per heavy atom. The average molecular weight is 251 g/mol. The van der Waals surface area contributed by atoms with E-state index < -0.39 is 0 Å². The summed E-state index contributed by atoms with van der Waals surface area (Å²) in [6.07, 6.45) is 7.13. The van der Waals surface area contributed by atoms with Crippen LogP contribution in [0.2, 0.25) is 0 Å². The number of Topliss-reactive ketones (excluding diaryl/α,β-unsaturated/α-hetero) is 1. The molecule has 0 amide bonds. The lowest BCUT2D eigenvalue weighted by Gasteiger charge is -2.07. The maximum Gasteiger partial charge on any atom is 0.138 e. The van der Waals surface area contributed by atoms with Gasteiger partial charge < -0.3 is 5.73 Å². The van der Waals surface area contributed by atoms with Crippen LogP contribution in [0.3, 0.4) is 0 Å². The summed E-state index contributed by atoms with van der Waals surface area (Å²) in [5, 5.41) is 4.44. The first kappa shape index (κ1) is 14.9. The molecule has 1 heterocycles. The second kappa shape index (κ2) is 8.03. The van der Waals surface area contributed by atoms with Gasteiger partial charge in [-0.05, 0) is 38.8 Å². The van der Waals surface area contributed by atoms with E-state index in [0.29, 0.717) is 25.4 Å². The summed E-state index contributed by atoms with van der Waals surface area (Å²) in [7, 11) is 0. The van der Waals surface area contributed by atoms with E-state index >= 15 is 0 Å². The second-order valence-corrected chi connectivity index (χ2v) is 4.86. The standard InChI is InChI=1S/C14H25N3O/c1-3-12(2)17-10-8-13(16-17)11-14(18)7-5-4-6-9-15/h8,10,12H,3-7,9,11,15H2,1-2H3. The molecule has 0 aliphatic carbocycles. The fraction of sp³-hybridized carbons (Fsp3) is 0.714. The Bertz CT molecular complexity index is 360. The zero-order valence-electron chi connectivity index (χ0n) is 11.6. The van der Waals surface area contributed by atoms with Crippen molar-refractivity contribution in [3.63, 3.8) is 0 Å². The maximum atomic E-state index is 11.7.